The van der Waals surface area contributed by atoms with Crippen LogP contribution in [-0.2, 0) is 11.3 Å². The number of carbonyl (C=O) groups excluding carboxylic acids is 1. The molecule has 0 fully saturated rings. The van der Waals surface area contributed by atoms with Crippen LogP contribution in [-0.4, -0.2) is 28.0 Å². The van der Waals surface area contributed by atoms with Gasteiger partial charge in [-0.05, 0) is 12.8 Å². The number of hydrogen-bond donors (Lipinski definition) is 3. The maximum atomic E-state index is 11.8. The minimum atomic E-state index is -0.996. The van der Waals surface area contributed by atoms with Gasteiger partial charge in [-0.3, -0.25) is 4.79 Å². The van der Waals surface area contributed by atoms with Crippen LogP contribution in [0, 0.1) is 12.8 Å². The summed E-state index contributed by atoms with van der Waals surface area (Å²) in [5, 5.41) is 12.2. The zero-order chi connectivity index (χ0) is 14.6. The molecule has 0 aliphatic rings. The molecule has 1 amide bonds. The Morgan fingerprint density at radius 1 is 1.53 bits per heavy atom. The lowest BCUT2D eigenvalue weighted by Gasteiger charge is -2.17. The van der Waals surface area contributed by atoms with Gasteiger partial charge in [0.25, 0.3) is 0 Å². The third-order valence-corrected chi connectivity index (χ3v) is 4.15. The fraction of sp³-hybridized carbons (Fsp3) is 0.583. The van der Waals surface area contributed by atoms with Crippen LogP contribution < -0.4 is 11.1 Å². The van der Waals surface area contributed by atoms with Crippen LogP contribution in [0.1, 0.15) is 40.6 Å². The Labute approximate surface area is 116 Å². The van der Waals surface area contributed by atoms with Crippen molar-refractivity contribution in [2.75, 3.05) is 0 Å². The molecule has 1 heterocycles. The second kappa shape index (κ2) is 6.63. The number of thiazole rings is 1. The molecule has 19 heavy (non-hydrogen) atoms. The first-order chi connectivity index (χ1) is 8.86. The Hall–Kier alpha value is -1.47. The Balaban J connectivity index is 2.60. The maximum absolute atomic E-state index is 11.8. The van der Waals surface area contributed by atoms with E-state index in [4.69, 9.17) is 10.8 Å². The van der Waals surface area contributed by atoms with Crippen LogP contribution in [0.15, 0.2) is 0 Å². The van der Waals surface area contributed by atoms with E-state index in [0.29, 0.717) is 10.7 Å². The van der Waals surface area contributed by atoms with Gasteiger partial charge in [-0.25, -0.2) is 9.78 Å². The highest BCUT2D eigenvalue weighted by atomic mass is 32.1. The summed E-state index contributed by atoms with van der Waals surface area (Å²) in [6, 6.07) is -0.551. The topological polar surface area (TPSA) is 105 Å². The quantitative estimate of drug-likeness (QED) is 0.727. The van der Waals surface area contributed by atoms with Gasteiger partial charge in [-0.2, -0.15) is 0 Å². The second-order valence-corrected chi connectivity index (χ2v) is 5.54. The molecule has 0 bridgehead atoms. The molecule has 2 unspecified atom stereocenters. The van der Waals surface area contributed by atoms with Crippen molar-refractivity contribution < 1.29 is 14.7 Å². The standard InChI is InChI=1S/C12H19N3O3S/c1-4-6(2)9(13)11(16)14-5-8-15-7(3)10(19-8)12(17)18/h6,9H,4-5,13H2,1-3H3,(H,14,16)(H,17,18). The lowest BCUT2D eigenvalue weighted by molar-refractivity contribution is -0.123. The highest BCUT2D eigenvalue weighted by Crippen LogP contribution is 2.17. The van der Waals surface area contributed by atoms with Crippen LogP contribution >= 0.6 is 11.3 Å². The van der Waals surface area contributed by atoms with Crippen molar-refractivity contribution >= 4 is 23.2 Å². The Morgan fingerprint density at radius 3 is 2.63 bits per heavy atom. The zero-order valence-electron chi connectivity index (χ0n) is 11.3. The molecule has 106 valence electrons. The summed E-state index contributed by atoms with van der Waals surface area (Å²) < 4.78 is 0. The van der Waals surface area contributed by atoms with Gasteiger partial charge >= 0.3 is 5.97 Å². The first-order valence-corrected chi connectivity index (χ1v) is 6.91. The lowest BCUT2D eigenvalue weighted by atomic mass is 9.99. The van der Waals surface area contributed by atoms with E-state index >= 15 is 0 Å². The van der Waals surface area contributed by atoms with Gasteiger partial charge in [-0.1, -0.05) is 20.3 Å². The molecule has 1 rings (SSSR count). The Bertz CT molecular complexity index is 473. The molecule has 4 N–H and O–H groups in total. The van der Waals surface area contributed by atoms with E-state index in [1.807, 2.05) is 13.8 Å². The molecule has 0 aliphatic heterocycles. The molecule has 1 aromatic heterocycles. The number of nitrogens with one attached hydrogen (secondary N) is 1. The number of hydrogen-bond acceptors (Lipinski definition) is 5. The third kappa shape index (κ3) is 4.00. The number of nitrogens with zero attached hydrogens (tertiary/aromatic N) is 1. The van der Waals surface area contributed by atoms with Crippen molar-refractivity contribution in [3.05, 3.63) is 15.6 Å². The molecule has 2 atom stereocenters. The Morgan fingerprint density at radius 2 is 2.16 bits per heavy atom. The molecule has 0 aliphatic carbocycles. The minimum absolute atomic E-state index is 0.104. The van der Waals surface area contributed by atoms with Gasteiger partial charge in [0, 0.05) is 0 Å². The largest absolute Gasteiger partial charge is 0.477 e. The Kier molecular flexibility index (Phi) is 5.44. The van der Waals surface area contributed by atoms with Crippen molar-refractivity contribution in [1.82, 2.24) is 10.3 Å². The van der Waals surface area contributed by atoms with E-state index in [1.54, 1.807) is 6.92 Å². The van der Waals surface area contributed by atoms with Gasteiger partial charge in [0.05, 0.1) is 18.3 Å². The number of aryl methyl sites for hydroxylation is 1. The number of carbonyl (C=O) groups is 2. The van der Waals surface area contributed by atoms with Crippen LogP contribution in [0.3, 0.4) is 0 Å². The van der Waals surface area contributed by atoms with Gasteiger partial charge in [0.15, 0.2) is 0 Å². The number of aromatic carboxylic acids is 1. The molecular formula is C12H19N3O3S. The maximum Gasteiger partial charge on any atom is 0.347 e. The van der Waals surface area contributed by atoms with E-state index in [-0.39, 0.29) is 23.2 Å². The molecule has 6 nitrogen and oxygen atoms in total. The van der Waals surface area contributed by atoms with E-state index in [0.717, 1.165) is 17.8 Å². The minimum Gasteiger partial charge on any atom is -0.477 e. The van der Waals surface area contributed by atoms with Crippen molar-refractivity contribution in [3.8, 4) is 0 Å². The summed E-state index contributed by atoms with van der Waals surface area (Å²) in [5.74, 6) is -1.13. The second-order valence-electron chi connectivity index (χ2n) is 4.46. The first kappa shape index (κ1) is 15.6. The van der Waals surface area contributed by atoms with E-state index < -0.39 is 12.0 Å². The zero-order valence-corrected chi connectivity index (χ0v) is 12.1. The molecule has 0 saturated heterocycles. The summed E-state index contributed by atoms with van der Waals surface area (Å²) >= 11 is 1.07. The van der Waals surface area contributed by atoms with Crippen LogP contribution in [0.5, 0.6) is 0 Å². The summed E-state index contributed by atoms with van der Waals surface area (Å²) in [5.41, 5.74) is 6.26. The summed E-state index contributed by atoms with van der Waals surface area (Å²) in [4.78, 5) is 27.0. The predicted octanol–water partition coefficient (Wildman–Crippen LogP) is 1.14. The predicted molar refractivity (Wildman–Crippen MR) is 73.1 cm³/mol. The van der Waals surface area contributed by atoms with Gasteiger partial charge in [-0.15, -0.1) is 11.3 Å². The van der Waals surface area contributed by atoms with E-state index in [2.05, 4.69) is 10.3 Å². The fourth-order valence-electron chi connectivity index (χ4n) is 1.52. The number of carboxylic acid groups (broad SMARTS) is 1. The van der Waals surface area contributed by atoms with Crippen LogP contribution in [0.2, 0.25) is 0 Å². The van der Waals surface area contributed by atoms with E-state index in [9.17, 15) is 9.59 Å². The van der Waals surface area contributed by atoms with Crippen LogP contribution in [0.4, 0.5) is 0 Å². The molecular weight excluding hydrogens is 266 g/mol. The molecule has 1 aromatic rings. The monoisotopic (exact) mass is 285 g/mol. The summed E-state index contributed by atoms with van der Waals surface area (Å²) in [6.45, 7) is 5.74. The smallest absolute Gasteiger partial charge is 0.347 e. The summed E-state index contributed by atoms with van der Waals surface area (Å²) in [6.07, 6.45) is 0.827. The lowest BCUT2D eigenvalue weighted by Crippen LogP contribution is -2.44. The molecule has 0 spiro atoms. The number of amides is 1. The van der Waals surface area contributed by atoms with Gasteiger partial charge in [0.2, 0.25) is 5.91 Å². The van der Waals surface area contributed by atoms with Crippen molar-refractivity contribution in [1.29, 1.82) is 0 Å². The van der Waals surface area contributed by atoms with Gasteiger partial charge < -0.3 is 16.2 Å². The highest BCUT2D eigenvalue weighted by Gasteiger charge is 2.20. The number of nitrogens with two attached hydrogens (primary N) is 1. The fourth-order valence-corrected chi connectivity index (χ4v) is 2.36. The molecule has 0 aromatic carbocycles. The van der Waals surface area contributed by atoms with Gasteiger partial charge in [0.1, 0.15) is 9.88 Å². The number of rotatable bonds is 6. The number of carboxylic acids is 1. The number of aromatic nitrogens is 1. The third-order valence-electron chi connectivity index (χ3n) is 3.01. The molecule has 7 heteroatoms. The van der Waals surface area contributed by atoms with Crippen molar-refractivity contribution in [2.24, 2.45) is 11.7 Å². The average molecular weight is 285 g/mol. The normalized spacial score (nSPS) is 13.9. The van der Waals surface area contributed by atoms with Crippen molar-refractivity contribution in [3.63, 3.8) is 0 Å². The highest BCUT2D eigenvalue weighted by molar-refractivity contribution is 7.13. The average Bonchev–Trinajstić information content (AvgIpc) is 2.75. The first-order valence-electron chi connectivity index (χ1n) is 6.09. The van der Waals surface area contributed by atoms with Crippen molar-refractivity contribution in [2.45, 2.75) is 39.8 Å². The molecule has 0 saturated carbocycles. The van der Waals surface area contributed by atoms with E-state index in [1.165, 1.54) is 0 Å². The SMILES string of the molecule is CCC(C)C(N)C(=O)NCc1nc(C)c(C(=O)O)s1. The molecule has 0 radical (unpaired) electrons. The summed E-state index contributed by atoms with van der Waals surface area (Å²) in [7, 11) is 0. The van der Waals surface area contributed by atoms with Crippen LogP contribution in [0.25, 0.3) is 0 Å².